The van der Waals surface area contributed by atoms with E-state index in [2.05, 4.69) is 37.8 Å². The minimum atomic E-state index is 0. The summed E-state index contributed by atoms with van der Waals surface area (Å²) < 4.78 is 7.50. The number of rotatable bonds is 8. The molecular formula is C21H27IN6O. The van der Waals surface area contributed by atoms with Crippen LogP contribution in [0.3, 0.4) is 0 Å². The Labute approximate surface area is 188 Å². The third-order valence-corrected chi connectivity index (χ3v) is 4.26. The fourth-order valence-corrected chi connectivity index (χ4v) is 2.86. The molecule has 3 aromatic rings. The molecule has 29 heavy (non-hydrogen) atoms. The molecule has 2 heterocycles. The summed E-state index contributed by atoms with van der Waals surface area (Å²) in [5.74, 6) is 1.37. The number of aliphatic imine (C=N–C) groups is 1. The van der Waals surface area contributed by atoms with Gasteiger partial charge in [-0.25, -0.2) is 4.98 Å². The van der Waals surface area contributed by atoms with Gasteiger partial charge in [-0.05, 0) is 30.2 Å². The van der Waals surface area contributed by atoms with E-state index >= 15 is 0 Å². The van der Waals surface area contributed by atoms with Crippen molar-refractivity contribution in [3.8, 4) is 5.88 Å². The van der Waals surface area contributed by atoms with Gasteiger partial charge in [-0.1, -0.05) is 30.3 Å². The Hall–Kier alpha value is -2.62. The van der Waals surface area contributed by atoms with Crippen LogP contribution in [0.1, 0.15) is 23.6 Å². The largest absolute Gasteiger partial charge is 0.478 e. The van der Waals surface area contributed by atoms with Gasteiger partial charge in [0.2, 0.25) is 5.88 Å². The van der Waals surface area contributed by atoms with Crippen molar-refractivity contribution in [1.82, 2.24) is 25.4 Å². The van der Waals surface area contributed by atoms with E-state index in [0.29, 0.717) is 25.6 Å². The molecule has 2 N–H and O–H groups in total. The molecule has 0 bridgehead atoms. The standard InChI is InChI=1S/C21H26N6O.HI/c1-3-28-20-18(10-6-11-23-20)15-25-21(22-2)24-14-17-8-4-5-9-19(17)16-27-13-7-12-26-27;/h4-13H,3,14-16H2,1-2H3,(H2,22,24,25);1H. The maximum absolute atomic E-state index is 5.58. The number of ether oxygens (including phenoxy) is 1. The monoisotopic (exact) mass is 506 g/mol. The minimum absolute atomic E-state index is 0. The molecule has 0 aliphatic rings. The van der Waals surface area contributed by atoms with Crippen molar-refractivity contribution in [1.29, 1.82) is 0 Å². The Morgan fingerprint density at radius 3 is 2.41 bits per heavy atom. The van der Waals surface area contributed by atoms with Crippen molar-refractivity contribution < 1.29 is 4.74 Å². The average Bonchev–Trinajstić information content (AvgIpc) is 3.23. The van der Waals surface area contributed by atoms with Crippen LogP contribution in [0.2, 0.25) is 0 Å². The van der Waals surface area contributed by atoms with Gasteiger partial charge in [0.15, 0.2) is 5.96 Å². The highest BCUT2D eigenvalue weighted by atomic mass is 127. The van der Waals surface area contributed by atoms with Gasteiger partial charge in [0.1, 0.15) is 0 Å². The van der Waals surface area contributed by atoms with Crippen LogP contribution in [-0.4, -0.2) is 34.4 Å². The molecule has 154 valence electrons. The highest BCUT2D eigenvalue weighted by molar-refractivity contribution is 14.0. The van der Waals surface area contributed by atoms with Crippen LogP contribution in [0.15, 0.2) is 66.0 Å². The minimum Gasteiger partial charge on any atom is -0.478 e. The van der Waals surface area contributed by atoms with Gasteiger partial charge >= 0.3 is 0 Å². The van der Waals surface area contributed by atoms with E-state index in [1.807, 2.05) is 48.1 Å². The molecular weight excluding hydrogens is 479 g/mol. The lowest BCUT2D eigenvalue weighted by molar-refractivity contribution is 0.322. The second-order valence-corrected chi connectivity index (χ2v) is 6.15. The number of aromatic nitrogens is 3. The maximum atomic E-state index is 5.58. The number of nitrogens with zero attached hydrogens (tertiary/aromatic N) is 4. The molecule has 0 amide bonds. The summed E-state index contributed by atoms with van der Waals surface area (Å²) in [6.07, 6.45) is 5.49. The van der Waals surface area contributed by atoms with E-state index in [1.165, 1.54) is 11.1 Å². The number of hydrogen-bond acceptors (Lipinski definition) is 4. The predicted octanol–water partition coefficient (Wildman–Crippen LogP) is 3.21. The van der Waals surface area contributed by atoms with E-state index in [4.69, 9.17) is 4.74 Å². The van der Waals surface area contributed by atoms with Crippen LogP contribution in [0.5, 0.6) is 5.88 Å². The molecule has 0 spiro atoms. The highest BCUT2D eigenvalue weighted by Gasteiger charge is 2.07. The fraction of sp³-hybridized carbons (Fsp3) is 0.286. The Kier molecular flexibility index (Phi) is 9.42. The molecule has 1 aromatic carbocycles. The maximum Gasteiger partial charge on any atom is 0.218 e. The average molecular weight is 506 g/mol. The number of halogens is 1. The molecule has 0 atom stereocenters. The molecule has 0 aliphatic carbocycles. The molecule has 0 radical (unpaired) electrons. The summed E-state index contributed by atoms with van der Waals surface area (Å²) in [7, 11) is 1.76. The molecule has 0 saturated heterocycles. The van der Waals surface area contributed by atoms with Crippen molar-refractivity contribution in [3.05, 3.63) is 77.7 Å². The van der Waals surface area contributed by atoms with Crippen LogP contribution < -0.4 is 15.4 Å². The van der Waals surface area contributed by atoms with Gasteiger partial charge in [0, 0.05) is 44.3 Å². The Balaban J connectivity index is 0.00000300. The van der Waals surface area contributed by atoms with Crippen LogP contribution in [0.25, 0.3) is 0 Å². The summed E-state index contributed by atoms with van der Waals surface area (Å²) in [5, 5.41) is 11.0. The summed E-state index contributed by atoms with van der Waals surface area (Å²) in [4.78, 5) is 8.60. The van der Waals surface area contributed by atoms with Crippen molar-refractivity contribution in [2.24, 2.45) is 4.99 Å². The molecule has 7 nitrogen and oxygen atoms in total. The predicted molar refractivity (Wildman–Crippen MR) is 126 cm³/mol. The molecule has 0 aliphatic heterocycles. The molecule has 0 saturated carbocycles. The van der Waals surface area contributed by atoms with E-state index in [9.17, 15) is 0 Å². The second kappa shape index (κ2) is 12.1. The van der Waals surface area contributed by atoms with Crippen molar-refractivity contribution in [2.45, 2.75) is 26.6 Å². The summed E-state index contributed by atoms with van der Waals surface area (Å²) >= 11 is 0. The van der Waals surface area contributed by atoms with Gasteiger partial charge in [-0.2, -0.15) is 5.10 Å². The molecule has 8 heteroatoms. The zero-order valence-electron chi connectivity index (χ0n) is 16.7. The van der Waals surface area contributed by atoms with Crippen LogP contribution in [-0.2, 0) is 19.6 Å². The second-order valence-electron chi connectivity index (χ2n) is 6.15. The van der Waals surface area contributed by atoms with E-state index in [1.54, 1.807) is 19.4 Å². The first-order valence-corrected chi connectivity index (χ1v) is 9.35. The Morgan fingerprint density at radius 2 is 1.72 bits per heavy atom. The van der Waals surface area contributed by atoms with Gasteiger partial charge in [-0.3, -0.25) is 9.67 Å². The topological polar surface area (TPSA) is 76.4 Å². The van der Waals surface area contributed by atoms with Gasteiger partial charge in [-0.15, -0.1) is 24.0 Å². The van der Waals surface area contributed by atoms with E-state index in [-0.39, 0.29) is 24.0 Å². The van der Waals surface area contributed by atoms with Crippen molar-refractivity contribution in [2.75, 3.05) is 13.7 Å². The number of nitrogens with one attached hydrogen (secondary N) is 2. The first kappa shape index (κ1) is 22.7. The molecule has 3 rings (SSSR count). The molecule has 0 fully saturated rings. The van der Waals surface area contributed by atoms with Crippen LogP contribution in [0.4, 0.5) is 0 Å². The molecule has 0 unspecified atom stereocenters. The lowest BCUT2D eigenvalue weighted by atomic mass is 10.1. The quantitative estimate of drug-likeness (QED) is 0.279. The number of hydrogen-bond donors (Lipinski definition) is 2. The van der Waals surface area contributed by atoms with Gasteiger partial charge in [0.25, 0.3) is 0 Å². The first-order chi connectivity index (χ1) is 13.8. The zero-order chi connectivity index (χ0) is 19.6. The number of guanidine groups is 1. The van der Waals surface area contributed by atoms with E-state index in [0.717, 1.165) is 18.1 Å². The van der Waals surface area contributed by atoms with Gasteiger partial charge < -0.3 is 15.4 Å². The van der Waals surface area contributed by atoms with Crippen LogP contribution in [0, 0.1) is 0 Å². The number of benzene rings is 1. The Bertz CT molecular complexity index is 898. The van der Waals surface area contributed by atoms with E-state index < -0.39 is 0 Å². The lowest BCUT2D eigenvalue weighted by Crippen LogP contribution is -2.36. The Morgan fingerprint density at radius 1 is 1.00 bits per heavy atom. The normalized spacial score (nSPS) is 10.9. The summed E-state index contributed by atoms with van der Waals surface area (Å²) in [6, 6.07) is 14.2. The zero-order valence-corrected chi connectivity index (χ0v) is 19.0. The smallest absolute Gasteiger partial charge is 0.218 e. The third kappa shape index (κ3) is 6.74. The van der Waals surface area contributed by atoms with Crippen molar-refractivity contribution in [3.63, 3.8) is 0 Å². The summed E-state index contributed by atoms with van der Waals surface area (Å²) in [6.45, 7) is 4.53. The number of pyridine rings is 1. The summed E-state index contributed by atoms with van der Waals surface area (Å²) in [5.41, 5.74) is 3.42. The molecule has 2 aromatic heterocycles. The van der Waals surface area contributed by atoms with Crippen molar-refractivity contribution >= 4 is 29.9 Å². The van der Waals surface area contributed by atoms with Crippen LogP contribution >= 0.6 is 24.0 Å². The fourth-order valence-electron chi connectivity index (χ4n) is 2.86. The highest BCUT2D eigenvalue weighted by Crippen LogP contribution is 2.14. The van der Waals surface area contributed by atoms with Gasteiger partial charge in [0.05, 0.1) is 13.2 Å². The first-order valence-electron chi connectivity index (χ1n) is 9.35. The lowest BCUT2D eigenvalue weighted by Gasteiger charge is -2.15. The SMILES string of the molecule is CCOc1ncccc1CNC(=NC)NCc1ccccc1Cn1cccn1.I. The third-order valence-electron chi connectivity index (χ3n) is 4.26.